The lowest BCUT2D eigenvalue weighted by Gasteiger charge is -2.29. The number of halogens is 2. The van der Waals surface area contributed by atoms with Crippen molar-refractivity contribution in [3.63, 3.8) is 0 Å². The third kappa shape index (κ3) is 4.46. The van der Waals surface area contributed by atoms with Crippen molar-refractivity contribution >= 4 is 23.2 Å². The molecule has 0 radical (unpaired) electrons. The van der Waals surface area contributed by atoms with Crippen molar-refractivity contribution in [2.75, 3.05) is 6.54 Å². The Hall–Kier alpha value is -0.240. The SMILES string of the molecule is CC(C)C(CNC(C)(C)C)c1c(Cl)cccc1Cl. The summed E-state index contributed by atoms with van der Waals surface area (Å²) < 4.78 is 0. The summed E-state index contributed by atoms with van der Waals surface area (Å²) in [4.78, 5) is 0. The second-order valence-electron chi connectivity index (χ2n) is 6.12. The van der Waals surface area contributed by atoms with Crippen LogP contribution in [-0.2, 0) is 0 Å². The van der Waals surface area contributed by atoms with Crippen LogP contribution in [0.5, 0.6) is 0 Å². The Kier molecular flexibility index (Phi) is 5.51. The van der Waals surface area contributed by atoms with Crippen molar-refractivity contribution in [3.05, 3.63) is 33.8 Å². The molecule has 102 valence electrons. The fourth-order valence-electron chi connectivity index (χ4n) is 1.95. The molecule has 0 aromatic heterocycles. The van der Waals surface area contributed by atoms with Gasteiger partial charge in [-0.25, -0.2) is 0 Å². The summed E-state index contributed by atoms with van der Waals surface area (Å²) in [6.07, 6.45) is 0. The van der Waals surface area contributed by atoms with Crippen molar-refractivity contribution in [2.45, 2.75) is 46.1 Å². The van der Waals surface area contributed by atoms with Crippen molar-refractivity contribution in [3.8, 4) is 0 Å². The molecule has 0 fully saturated rings. The Morgan fingerprint density at radius 3 is 2.00 bits per heavy atom. The zero-order valence-corrected chi connectivity index (χ0v) is 13.4. The predicted octanol–water partition coefficient (Wildman–Crippen LogP) is 5.12. The van der Waals surface area contributed by atoms with Crippen LogP contribution in [-0.4, -0.2) is 12.1 Å². The fraction of sp³-hybridized carbons (Fsp3) is 0.600. The van der Waals surface area contributed by atoms with Crippen LogP contribution in [0.3, 0.4) is 0 Å². The lowest BCUT2D eigenvalue weighted by Crippen LogP contribution is -2.39. The first-order chi connectivity index (χ1) is 8.22. The molecule has 18 heavy (non-hydrogen) atoms. The molecule has 0 aliphatic rings. The number of benzene rings is 1. The number of nitrogens with one attached hydrogen (secondary N) is 1. The van der Waals surface area contributed by atoms with Crippen molar-refractivity contribution < 1.29 is 0 Å². The predicted molar refractivity (Wildman–Crippen MR) is 81.8 cm³/mol. The van der Waals surface area contributed by atoms with Crippen molar-refractivity contribution in [2.24, 2.45) is 5.92 Å². The van der Waals surface area contributed by atoms with Crippen molar-refractivity contribution in [1.29, 1.82) is 0 Å². The maximum atomic E-state index is 6.31. The molecule has 1 N–H and O–H groups in total. The van der Waals surface area contributed by atoms with Gasteiger partial charge in [0, 0.05) is 28.0 Å². The molecule has 0 bridgehead atoms. The van der Waals surface area contributed by atoms with E-state index in [-0.39, 0.29) is 5.54 Å². The van der Waals surface area contributed by atoms with Gasteiger partial charge in [-0.3, -0.25) is 0 Å². The minimum absolute atomic E-state index is 0.0981. The maximum absolute atomic E-state index is 6.31. The van der Waals surface area contributed by atoms with E-state index in [4.69, 9.17) is 23.2 Å². The Morgan fingerprint density at radius 1 is 1.11 bits per heavy atom. The molecule has 1 atom stereocenters. The van der Waals surface area contributed by atoms with Gasteiger partial charge in [-0.05, 0) is 44.4 Å². The first-order valence-corrected chi connectivity index (χ1v) is 7.17. The van der Waals surface area contributed by atoms with E-state index in [1.165, 1.54) is 0 Å². The highest BCUT2D eigenvalue weighted by Crippen LogP contribution is 2.35. The smallest absolute Gasteiger partial charge is 0.0456 e. The molecule has 0 aliphatic carbocycles. The Bertz CT molecular complexity index is 374. The highest BCUT2D eigenvalue weighted by atomic mass is 35.5. The Labute approximate surface area is 121 Å². The van der Waals surface area contributed by atoms with Gasteiger partial charge in [0.05, 0.1) is 0 Å². The third-order valence-corrected chi connectivity index (χ3v) is 3.69. The molecule has 1 aromatic carbocycles. The van der Waals surface area contributed by atoms with Gasteiger partial charge in [-0.15, -0.1) is 0 Å². The molecule has 0 amide bonds. The Morgan fingerprint density at radius 2 is 1.61 bits per heavy atom. The average molecular weight is 288 g/mol. The average Bonchev–Trinajstić information content (AvgIpc) is 2.20. The van der Waals surface area contributed by atoms with Crippen LogP contribution in [0, 0.1) is 5.92 Å². The summed E-state index contributed by atoms with van der Waals surface area (Å²) in [5, 5.41) is 5.06. The zero-order chi connectivity index (χ0) is 13.9. The summed E-state index contributed by atoms with van der Waals surface area (Å²) >= 11 is 12.6. The van der Waals surface area contributed by atoms with E-state index in [2.05, 4.69) is 39.9 Å². The van der Waals surface area contributed by atoms with Crippen LogP contribution in [0.15, 0.2) is 18.2 Å². The van der Waals surface area contributed by atoms with Gasteiger partial charge in [-0.1, -0.05) is 43.1 Å². The van der Waals surface area contributed by atoms with E-state index in [0.717, 1.165) is 22.2 Å². The third-order valence-electron chi connectivity index (χ3n) is 3.03. The van der Waals surface area contributed by atoms with Crippen LogP contribution >= 0.6 is 23.2 Å². The molecule has 3 heteroatoms. The first-order valence-electron chi connectivity index (χ1n) is 6.41. The van der Waals surface area contributed by atoms with E-state index >= 15 is 0 Å². The second kappa shape index (κ2) is 6.27. The summed E-state index contributed by atoms with van der Waals surface area (Å²) in [7, 11) is 0. The summed E-state index contributed by atoms with van der Waals surface area (Å²) in [6, 6.07) is 5.72. The quantitative estimate of drug-likeness (QED) is 0.810. The molecule has 0 heterocycles. The van der Waals surface area contributed by atoms with Gasteiger partial charge in [-0.2, -0.15) is 0 Å². The second-order valence-corrected chi connectivity index (χ2v) is 6.93. The maximum Gasteiger partial charge on any atom is 0.0456 e. The highest BCUT2D eigenvalue weighted by molar-refractivity contribution is 6.36. The van der Waals surface area contributed by atoms with Gasteiger partial charge < -0.3 is 5.32 Å². The first kappa shape index (κ1) is 15.8. The van der Waals surface area contributed by atoms with Crippen LogP contribution in [0.4, 0.5) is 0 Å². The van der Waals surface area contributed by atoms with Crippen LogP contribution in [0.25, 0.3) is 0 Å². The molecule has 1 nitrogen and oxygen atoms in total. The lowest BCUT2D eigenvalue weighted by atomic mass is 9.87. The minimum atomic E-state index is 0.0981. The molecule has 1 aromatic rings. The molecular formula is C15H23Cl2N. The monoisotopic (exact) mass is 287 g/mol. The van der Waals surface area contributed by atoms with E-state index in [1.807, 2.05) is 18.2 Å². The lowest BCUT2D eigenvalue weighted by molar-refractivity contribution is 0.372. The summed E-state index contributed by atoms with van der Waals surface area (Å²) in [5.41, 5.74) is 1.16. The van der Waals surface area contributed by atoms with Gasteiger partial charge in [0.1, 0.15) is 0 Å². The molecule has 1 unspecified atom stereocenters. The molecule has 0 aliphatic heterocycles. The van der Waals surface area contributed by atoms with Gasteiger partial charge in [0.15, 0.2) is 0 Å². The standard InChI is InChI=1S/C15H23Cl2N/c1-10(2)11(9-18-15(3,4)5)14-12(16)7-6-8-13(14)17/h6-8,10-11,18H,9H2,1-5H3. The van der Waals surface area contributed by atoms with Gasteiger partial charge in [0.2, 0.25) is 0 Å². The van der Waals surface area contributed by atoms with E-state index in [0.29, 0.717) is 11.8 Å². The number of hydrogen-bond acceptors (Lipinski definition) is 1. The van der Waals surface area contributed by atoms with Crippen LogP contribution < -0.4 is 5.32 Å². The largest absolute Gasteiger partial charge is 0.311 e. The normalized spacial score (nSPS) is 14.0. The van der Waals surface area contributed by atoms with Crippen LogP contribution in [0.1, 0.15) is 46.1 Å². The molecular weight excluding hydrogens is 265 g/mol. The van der Waals surface area contributed by atoms with E-state index < -0.39 is 0 Å². The van der Waals surface area contributed by atoms with E-state index in [1.54, 1.807) is 0 Å². The summed E-state index contributed by atoms with van der Waals surface area (Å²) in [6.45, 7) is 11.8. The Balaban J connectivity index is 2.98. The zero-order valence-electron chi connectivity index (χ0n) is 11.8. The highest BCUT2D eigenvalue weighted by Gasteiger charge is 2.23. The molecule has 1 rings (SSSR count). The molecule has 0 spiro atoms. The molecule has 0 saturated heterocycles. The van der Waals surface area contributed by atoms with Crippen LogP contribution in [0.2, 0.25) is 10.0 Å². The molecule has 0 saturated carbocycles. The summed E-state index contributed by atoms with van der Waals surface area (Å²) in [5.74, 6) is 0.808. The topological polar surface area (TPSA) is 12.0 Å². The fourth-order valence-corrected chi connectivity index (χ4v) is 2.63. The van der Waals surface area contributed by atoms with Crippen molar-refractivity contribution in [1.82, 2.24) is 5.32 Å². The number of hydrogen-bond donors (Lipinski definition) is 1. The minimum Gasteiger partial charge on any atom is -0.311 e. The van der Waals surface area contributed by atoms with Gasteiger partial charge in [0.25, 0.3) is 0 Å². The number of rotatable bonds is 4. The van der Waals surface area contributed by atoms with E-state index in [9.17, 15) is 0 Å². The van der Waals surface area contributed by atoms with Gasteiger partial charge >= 0.3 is 0 Å².